The Bertz CT molecular complexity index is 1280. The third-order valence-corrected chi connectivity index (χ3v) is 6.15. The van der Waals surface area contributed by atoms with Crippen LogP contribution in [0.1, 0.15) is 49.7 Å². The van der Waals surface area contributed by atoms with Crippen molar-refractivity contribution in [3.05, 3.63) is 77.6 Å². The van der Waals surface area contributed by atoms with Crippen molar-refractivity contribution in [1.82, 2.24) is 25.9 Å². The average molecular weight is 585 g/mol. The molecule has 0 radical (unpaired) electrons. The Morgan fingerprint density at radius 3 is 2.51 bits per heavy atom. The largest absolute Gasteiger partial charge is 1.00 e. The third kappa shape index (κ3) is 11.3. The van der Waals surface area contributed by atoms with Crippen LogP contribution >= 0.6 is 0 Å². The van der Waals surface area contributed by atoms with E-state index in [1.54, 1.807) is 0 Å². The zero-order chi connectivity index (χ0) is 28.9. The van der Waals surface area contributed by atoms with Crippen LogP contribution in [0, 0.1) is 11.8 Å². The third-order valence-electron chi connectivity index (χ3n) is 6.15. The molecule has 3 unspecified atom stereocenters. The van der Waals surface area contributed by atoms with Crippen LogP contribution in [-0.4, -0.2) is 59.3 Å². The second-order valence-corrected chi connectivity index (χ2v) is 10.3. The van der Waals surface area contributed by atoms with E-state index in [9.17, 15) is 19.2 Å². The first kappa shape index (κ1) is 34.7. The van der Waals surface area contributed by atoms with Gasteiger partial charge in [0.2, 0.25) is 11.8 Å². The standard InChI is InChI=1S/C26H27N6O4.C4H10.K/c33-15-20(12-19-8-9-29-24(19)34)30-16-31-25(35)22(32-26(36)23-14-27-10-11-28-23)13-18-6-3-5-17-4-1-2-7-21(17)18;1-4(2)3;/h1-7,10-11,14-15,19-20,22H,8-9,12-13,16H2,(H,29,34)(H,31,35)(H,32,36);4H,1-3H3;/q-1;;+1. The summed E-state index contributed by atoms with van der Waals surface area (Å²) in [6, 6.07) is 12.0. The fourth-order valence-corrected chi connectivity index (χ4v) is 4.25. The predicted octanol–water partition coefficient (Wildman–Crippen LogP) is 0.178. The smallest absolute Gasteiger partial charge is 0.636 e. The molecule has 1 saturated heterocycles. The summed E-state index contributed by atoms with van der Waals surface area (Å²) in [6.07, 6.45) is 6.06. The van der Waals surface area contributed by atoms with Gasteiger partial charge in [-0.3, -0.25) is 19.4 Å². The van der Waals surface area contributed by atoms with Crippen molar-refractivity contribution in [2.75, 3.05) is 13.2 Å². The Morgan fingerprint density at radius 2 is 1.85 bits per heavy atom. The van der Waals surface area contributed by atoms with Crippen LogP contribution in [0.15, 0.2) is 61.1 Å². The van der Waals surface area contributed by atoms with Gasteiger partial charge in [-0.2, -0.15) is 0 Å². The second kappa shape index (κ2) is 18.1. The Morgan fingerprint density at radius 1 is 1.12 bits per heavy atom. The molecule has 41 heavy (non-hydrogen) atoms. The summed E-state index contributed by atoms with van der Waals surface area (Å²) < 4.78 is 0. The average Bonchev–Trinajstić information content (AvgIpc) is 3.36. The molecule has 4 rings (SSSR count). The monoisotopic (exact) mass is 584 g/mol. The minimum Gasteiger partial charge on any atom is -0.636 e. The van der Waals surface area contributed by atoms with Crippen molar-refractivity contribution in [2.45, 2.75) is 52.1 Å². The molecular formula is C30H37KN6O4. The molecule has 3 aromatic rings. The van der Waals surface area contributed by atoms with Gasteiger partial charge in [-0.05, 0) is 28.7 Å². The minimum atomic E-state index is -0.921. The SMILES string of the molecule is CC(C)C.O=CC(CC1CCNC1=O)[N-]CNC(=O)C(Cc1cccc2ccccc12)NC(=O)c1cnccn1.[K+]. The number of nitrogens with zero attached hydrogens (tertiary/aromatic N) is 3. The van der Waals surface area contributed by atoms with Gasteiger partial charge in [0.1, 0.15) is 18.0 Å². The van der Waals surface area contributed by atoms with Crippen molar-refractivity contribution in [3.63, 3.8) is 0 Å². The molecule has 2 heterocycles. The number of carbonyl (C=O) groups excluding carboxylic acids is 4. The summed E-state index contributed by atoms with van der Waals surface area (Å²) in [7, 11) is 0. The van der Waals surface area contributed by atoms with Gasteiger partial charge in [0.25, 0.3) is 5.91 Å². The predicted molar refractivity (Wildman–Crippen MR) is 153 cm³/mol. The Balaban J connectivity index is 0.00000110. The number of carbonyl (C=O) groups is 4. The van der Waals surface area contributed by atoms with Crippen LogP contribution < -0.4 is 67.3 Å². The van der Waals surface area contributed by atoms with Gasteiger partial charge in [0.15, 0.2) is 0 Å². The number of amides is 3. The maximum atomic E-state index is 13.1. The maximum Gasteiger partial charge on any atom is 1.00 e. The fraction of sp³-hybridized carbons (Fsp3) is 0.400. The fourth-order valence-electron chi connectivity index (χ4n) is 4.25. The Hall–Kier alpha value is -2.54. The molecule has 3 N–H and O–H groups in total. The van der Waals surface area contributed by atoms with E-state index in [1.807, 2.05) is 42.5 Å². The van der Waals surface area contributed by atoms with Crippen molar-refractivity contribution in [2.24, 2.45) is 11.8 Å². The van der Waals surface area contributed by atoms with Gasteiger partial charge in [0.05, 0.1) is 6.20 Å². The van der Waals surface area contributed by atoms with Crippen molar-refractivity contribution >= 4 is 34.8 Å². The first-order chi connectivity index (χ1) is 19.3. The van der Waals surface area contributed by atoms with Gasteiger partial charge >= 0.3 is 51.4 Å². The molecule has 1 aliphatic rings. The molecular weight excluding hydrogens is 547 g/mol. The number of fused-ring (bicyclic) bond motifs is 1. The number of hydrogen-bond donors (Lipinski definition) is 3. The van der Waals surface area contributed by atoms with Crippen molar-refractivity contribution in [3.8, 4) is 0 Å². The van der Waals surface area contributed by atoms with Crippen LogP contribution in [0.5, 0.6) is 0 Å². The normalized spacial score (nSPS) is 15.5. The summed E-state index contributed by atoms with van der Waals surface area (Å²) in [4.78, 5) is 57.1. The molecule has 10 nitrogen and oxygen atoms in total. The first-order valence-electron chi connectivity index (χ1n) is 13.5. The minimum absolute atomic E-state index is 0. The van der Waals surface area contributed by atoms with Crippen LogP contribution in [0.2, 0.25) is 0 Å². The van der Waals surface area contributed by atoms with E-state index < -0.39 is 23.9 Å². The van der Waals surface area contributed by atoms with E-state index in [2.05, 4.69) is 52.0 Å². The summed E-state index contributed by atoms with van der Waals surface area (Å²) in [6.45, 7) is 6.97. The molecule has 0 bridgehead atoms. The zero-order valence-electron chi connectivity index (χ0n) is 24.2. The second-order valence-electron chi connectivity index (χ2n) is 10.3. The number of aldehydes is 1. The summed E-state index contributed by atoms with van der Waals surface area (Å²) in [5.74, 6) is -0.487. The quantitative estimate of drug-likeness (QED) is 0.217. The topological polar surface area (TPSA) is 144 Å². The van der Waals surface area contributed by atoms with Crippen molar-refractivity contribution in [1.29, 1.82) is 0 Å². The number of hydrogen-bond acceptors (Lipinski definition) is 6. The molecule has 1 aromatic heterocycles. The molecule has 11 heteroatoms. The molecule has 0 aliphatic carbocycles. The van der Waals surface area contributed by atoms with E-state index in [4.69, 9.17) is 0 Å². The molecule has 1 fully saturated rings. The molecule has 0 spiro atoms. The van der Waals surface area contributed by atoms with E-state index in [0.717, 1.165) is 22.3 Å². The number of rotatable bonds is 11. The number of aromatic nitrogens is 2. The van der Waals surface area contributed by atoms with Crippen LogP contribution in [0.4, 0.5) is 0 Å². The van der Waals surface area contributed by atoms with Crippen LogP contribution in [0.25, 0.3) is 16.1 Å². The summed E-state index contributed by atoms with van der Waals surface area (Å²) in [5.41, 5.74) is 0.983. The Kier molecular flexibility index (Phi) is 15.3. The maximum absolute atomic E-state index is 13.1. The van der Waals surface area contributed by atoms with Crippen LogP contribution in [-0.2, 0) is 20.8 Å². The van der Waals surface area contributed by atoms with Crippen molar-refractivity contribution < 1.29 is 70.6 Å². The molecule has 212 valence electrons. The van der Waals surface area contributed by atoms with E-state index in [-0.39, 0.29) is 82.0 Å². The van der Waals surface area contributed by atoms with Gasteiger partial charge in [-0.25, -0.2) is 4.98 Å². The number of nitrogens with one attached hydrogen (secondary N) is 3. The van der Waals surface area contributed by atoms with E-state index >= 15 is 0 Å². The molecule has 2 aromatic carbocycles. The van der Waals surface area contributed by atoms with Gasteiger partial charge in [-0.1, -0.05) is 82.4 Å². The zero-order valence-corrected chi connectivity index (χ0v) is 27.3. The van der Waals surface area contributed by atoms with Gasteiger partial charge in [-0.15, -0.1) is 0 Å². The van der Waals surface area contributed by atoms with Gasteiger partial charge < -0.3 is 26.1 Å². The van der Waals surface area contributed by atoms with Gasteiger partial charge in [0, 0.05) is 31.3 Å². The molecule has 1 aliphatic heterocycles. The van der Waals surface area contributed by atoms with E-state index in [1.165, 1.54) is 18.6 Å². The Labute approximate surface area is 283 Å². The summed E-state index contributed by atoms with van der Waals surface area (Å²) >= 11 is 0. The molecule has 3 atom stereocenters. The molecule has 0 saturated carbocycles. The van der Waals surface area contributed by atoms with E-state index in [0.29, 0.717) is 25.7 Å². The number of benzene rings is 2. The molecule has 3 amide bonds. The first-order valence-corrected chi connectivity index (χ1v) is 13.5. The van der Waals surface area contributed by atoms with Crippen LogP contribution in [0.3, 0.4) is 0 Å². The summed E-state index contributed by atoms with van der Waals surface area (Å²) in [5, 5.41) is 14.4.